The molecule has 0 aliphatic heterocycles. The van der Waals surface area contributed by atoms with Gasteiger partial charge in [-0.1, -0.05) is 12.1 Å². The van der Waals surface area contributed by atoms with Crippen LogP contribution in [-0.2, 0) is 13.2 Å². The van der Waals surface area contributed by atoms with Crippen molar-refractivity contribution in [3.05, 3.63) is 59.0 Å². The lowest BCUT2D eigenvalue weighted by Crippen LogP contribution is -2.04. The van der Waals surface area contributed by atoms with Crippen LogP contribution in [0.15, 0.2) is 53.4 Å². The minimum absolute atomic E-state index is 0.421. The molecule has 3 aromatic rings. The molecule has 0 atom stereocenters. The molecule has 0 radical (unpaired) electrons. The molecule has 3 nitrogen and oxygen atoms in total. The highest BCUT2D eigenvalue weighted by Crippen LogP contribution is 2.32. The van der Waals surface area contributed by atoms with Crippen LogP contribution in [0.3, 0.4) is 0 Å². The third-order valence-electron chi connectivity index (χ3n) is 3.33. The summed E-state index contributed by atoms with van der Waals surface area (Å²) in [4.78, 5) is 8.53. The van der Waals surface area contributed by atoms with Crippen molar-refractivity contribution in [2.24, 2.45) is 7.05 Å². The van der Waals surface area contributed by atoms with Gasteiger partial charge in [-0.2, -0.15) is 13.2 Å². The van der Waals surface area contributed by atoms with Crippen LogP contribution in [0.4, 0.5) is 13.2 Å². The normalized spacial score (nSPS) is 11.7. The number of halogens is 4. The van der Waals surface area contributed by atoms with Crippen LogP contribution in [0.25, 0.3) is 22.6 Å². The van der Waals surface area contributed by atoms with Gasteiger partial charge in [0.05, 0.1) is 11.3 Å². The van der Waals surface area contributed by atoms with Gasteiger partial charge in [0.1, 0.15) is 5.82 Å². The Hall–Kier alpha value is -2.15. The molecule has 0 fully saturated rings. The van der Waals surface area contributed by atoms with Crippen molar-refractivity contribution in [2.45, 2.75) is 6.18 Å². The summed E-state index contributed by atoms with van der Waals surface area (Å²) in [7, 11) is 1.79. The van der Waals surface area contributed by atoms with Gasteiger partial charge in [0.2, 0.25) is 0 Å². The van der Waals surface area contributed by atoms with Crippen LogP contribution >= 0.6 is 15.9 Å². The van der Waals surface area contributed by atoms with Gasteiger partial charge in [0, 0.05) is 41.2 Å². The first-order chi connectivity index (χ1) is 10.8. The second-order valence-corrected chi connectivity index (χ2v) is 5.95. The number of nitrogens with zero attached hydrogens (tertiary/aromatic N) is 3. The maximum Gasteiger partial charge on any atom is 0.416 e. The maximum absolute atomic E-state index is 12.8. The first-order valence-electron chi connectivity index (χ1n) is 6.66. The van der Waals surface area contributed by atoms with E-state index in [0.29, 0.717) is 17.1 Å². The third kappa shape index (κ3) is 3.29. The number of aromatic nitrogens is 3. The van der Waals surface area contributed by atoms with E-state index in [2.05, 4.69) is 25.9 Å². The monoisotopic (exact) mass is 381 g/mol. The van der Waals surface area contributed by atoms with Crippen molar-refractivity contribution in [3.63, 3.8) is 0 Å². The molecule has 0 spiro atoms. The van der Waals surface area contributed by atoms with Gasteiger partial charge >= 0.3 is 6.18 Å². The van der Waals surface area contributed by atoms with Crippen LogP contribution in [-0.4, -0.2) is 14.5 Å². The molecule has 2 aromatic heterocycles. The van der Waals surface area contributed by atoms with E-state index in [9.17, 15) is 13.2 Å². The zero-order valence-corrected chi connectivity index (χ0v) is 13.6. The molecule has 2 heterocycles. The van der Waals surface area contributed by atoms with E-state index in [0.717, 1.165) is 22.2 Å². The van der Waals surface area contributed by atoms with Gasteiger partial charge in [-0.3, -0.25) is 4.98 Å². The second kappa shape index (κ2) is 5.81. The van der Waals surface area contributed by atoms with Crippen LogP contribution in [0.2, 0.25) is 0 Å². The lowest BCUT2D eigenvalue weighted by molar-refractivity contribution is -0.137. The summed E-state index contributed by atoms with van der Waals surface area (Å²) in [6.07, 6.45) is 0.636. The topological polar surface area (TPSA) is 30.7 Å². The molecule has 0 aliphatic carbocycles. The number of benzene rings is 1. The molecule has 0 unspecified atom stereocenters. The molecule has 3 rings (SSSR count). The zero-order valence-electron chi connectivity index (χ0n) is 12.0. The predicted molar refractivity (Wildman–Crippen MR) is 84.6 cm³/mol. The Morgan fingerprint density at radius 1 is 1.09 bits per heavy atom. The Balaban J connectivity index is 2.05. The summed E-state index contributed by atoms with van der Waals surface area (Å²) in [5, 5.41) is 0. The second-order valence-electron chi connectivity index (χ2n) is 5.03. The number of alkyl halides is 3. The van der Waals surface area contributed by atoms with Crippen molar-refractivity contribution in [2.75, 3.05) is 0 Å². The molecule has 0 bridgehead atoms. The Kier molecular flexibility index (Phi) is 3.97. The number of hydrogen-bond donors (Lipinski definition) is 0. The number of hydrogen-bond acceptors (Lipinski definition) is 2. The quantitative estimate of drug-likeness (QED) is 0.629. The SMILES string of the molecule is Cn1cc(-c2cccc(C(F)(F)F)c2)nc1-c1cncc(Br)c1. The largest absolute Gasteiger partial charge is 0.416 e. The Morgan fingerprint density at radius 2 is 1.87 bits per heavy atom. The summed E-state index contributed by atoms with van der Waals surface area (Å²) in [6.45, 7) is 0. The zero-order chi connectivity index (χ0) is 16.6. The van der Waals surface area contributed by atoms with Crippen molar-refractivity contribution in [1.82, 2.24) is 14.5 Å². The van der Waals surface area contributed by atoms with E-state index in [4.69, 9.17) is 0 Å². The van der Waals surface area contributed by atoms with Crippen LogP contribution < -0.4 is 0 Å². The molecule has 23 heavy (non-hydrogen) atoms. The first-order valence-corrected chi connectivity index (χ1v) is 7.46. The molecular formula is C16H11BrF3N3. The van der Waals surface area contributed by atoms with Gasteiger partial charge in [0.15, 0.2) is 0 Å². The maximum atomic E-state index is 12.8. The molecular weight excluding hydrogens is 371 g/mol. The number of aryl methyl sites for hydroxylation is 1. The van der Waals surface area contributed by atoms with E-state index in [1.807, 2.05) is 6.07 Å². The molecule has 118 valence electrons. The highest BCUT2D eigenvalue weighted by molar-refractivity contribution is 9.10. The predicted octanol–water partition coefficient (Wildman–Crippen LogP) is 4.93. The van der Waals surface area contributed by atoms with Gasteiger partial charge in [0.25, 0.3) is 0 Å². The Labute approximate surface area is 138 Å². The number of imidazole rings is 1. The summed E-state index contributed by atoms with van der Waals surface area (Å²) in [5.41, 5.74) is 0.990. The highest BCUT2D eigenvalue weighted by atomic mass is 79.9. The number of rotatable bonds is 2. The minimum atomic E-state index is -4.37. The lowest BCUT2D eigenvalue weighted by Gasteiger charge is -2.07. The smallest absolute Gasteiger partial charge is 0.333 e. The molecule has 0 amide bonds. The van der Waals surface area contributed by atoms with Gasteiger partial charge in [-0.15, -0.1) is 0 Å². The summed E-state index contributed by atoms with van der Waals surface area (Å²) >= 11 is 3.34. The van der Waals surface area contributed by atoms with Crippen LogP contribution in [0.1, 0.15) is 5.56 Å². The van der Waals surface area contributed by atoms with E-state index in [1.54, 1.807) is 36.3 Å². The van der Waals surface area contributed by atoms with Gasteiger partial charge < -0.3 is 4.57 Å². The van der Waals surface area contributed by atoms with Gasteiger partial charge in [-0.05, 0) is 34.1 Å². The molecule has 7 heteroatoms. The molecule has 0 aliphatic rings. The summed E-state index contributed by atoms with van der Waals surface area (Å²) in [6, 6.07) is 7.00. The standard InChI is InChI=1S/C16H11BrF3N3/c1-23-9-14(10-3-2-4-12(5-10)16(18,19)20)22-15(23)11-6-13(17)8-21-7-11/h2-9H,1H3. The molecule has 0 saturated carbocycles. The molecule has 1 aromatic carbocycles. The fourth-order valence-corrected chi connectivity index (χ4v) is 2.63. The average Bonchev–Trinajstić information content (AvgIpc) is 2.89. The van der Waals surface area contributed by atoms with Crippen molar-refractivity contribution < 1.29 is 13.2 Å². The summed E-state index contributed by atoms with van der Waals surface area (Å²) < 4.78 is 41.1. The van der Waals surface area contributed by atoms with E-state index in [1.165, 1.54) is 6.07 Å². The average molecular weight is 382 g/mol. The Bertz CT molecular complexity index is 856. The van der Waals surface area contributed by atoms with Crippen LogP contribution in [0.5, 0.6) is 0 Å². The Morgan fingerprint density at radius 3 is 2.57 bits per heavy atom. The fraction of sp³-hybridized carbons (Fsp3) is 0.125. The van der Waals surface area contributed by atoms with Crippen LogP contribution in [0, 0.1) is 0 Å². The van der Waals surface area contributed by atoms with Crippen molar-refractivity contribution in [1.29, 1.82) is 0 Å². The lowest BCUT2D eigenvalue weighted by atomic mass is 10.1. The van der Waals surface area contributed by atoms with Gasteiger partial charge in [-0.25, -0.2) is 4.98 Å². The van der Waals surface area contributed by atoms with Crippen molar-refractivity contribution in [3.8, 4) is 22.6 Å². The highest BCUT2D eigenvalue weighted by Gasteiger charge is 2.30. The van der Waals surface area contributed by atoms with E-state index < -0.39 is 11.7 Å². The van der Waals surface area contributed by atoms with E-state index in [-0.39, 0.29) is 0 Å². The minimum Gasteiger partial charge on any atom is -0.333 e. The summed E-state index contributed by atoms with van der Waals surface area (Å²) in [5.74, 6) is 0.631. The molecule has 0 saturated heterocycles. The third-order valence-corrected chi connectivity index (χ3v) is 3.76. The van der Waals surface area contributed by atoms with Crippen molar-refractivity contribution >= 4 is 15.9 Å². The van der Waals surface area contributed by atoms with E-state index >= 15 is 0 Å². The fourth-order valence-electron chi connectivity index (χ4n) is 2.26. The molecule has 0 N–H and O–H groups in total. The first kappa shape index (κ1) is 15.7. The number of pyridine rings is 1.